The molecule has 0 N–H and O–H groups in total. The molecule has 0 saturated heterocycles. The molecule has 0 spiro atoms. The van der Waals surface area contributed by atoms with Gasteiger partial charge in [0.15, 0.2) is 5.82 Å². The quantitative estimate of drug-likeness (QED) is 0.173. The number of rotatable bonds is 5. The van der Waals surface area contributed by atoms with Crippen molar-refractivity contribution >= 4 is 17.3 Å². The number of benzene rings is 3. The van der Waals surface area contributed by atoms with Crippen molar-refractivity contribution < 1.29 is 21.1 Å². The van der Waals surface area contributed by atoms with Crippen LogP contribution in [0.25, 0.3) is 16.9 Å². The van der Waals surface area contributed by atoms with Crippen LogP contribution in [0.1, 0.15) is 52.7 Å². The third kappa shape index (κ3) is 6.40. The summed E-state index contributed by atoms with van der Waals surface area (Å²) in [4.78, 5) is 7.25. The van der Waals surface area contributed by atoms with E-state index in [1.807, 2.05) is 83.7 Å². The van der Waals surface area contributed by atoms with Crippen LogP contribution in [-0.4, -0.2) is 14.8 Å². The van der Waals surface area contributed by atoms with E-state index in [1.165, 1.54) is 11.1 Å². The van der Waals surface area contributed by atoms with Crippen LogP contribution in [-0.2, 0) is 31.9 Å². The zero-order chi connectivity index (χ0) is 26.9. The first kappa shape index (κ1) is 28.5. The van der Waals surface area contributed by atoms with E-state index in [9.17, 15) is 0 Å². The van der Waals surface area contributed by atoms with Crippen molar-refractivity contribution in [3.05, 3.63) is 120 Å². The molecular weight excluding hydrogens is 659 g/mol. The second-order valence-electron chi connectivity index (χ2n) is 11.6. The van der Waals surface area contributed by atoms with E-state index in [4.69, 9.17) is 10.1 Å². The normalized spacial score (nSPS) is 11.6. The summed E-state index contributed by atoms with van der Waals surface area (Å²) in [5.41, 5.74) is 6.25. The summed E-state index contributed by atoms with van der Waals surface area (Å²) < 4.78 is 1.86. The zero-order valence-electron chi connectivity index (χ0n) is 23.3. The van der Waals surface area contributed by atoms with Crippen LogP contribution in [0.2, 0.25) is 0 Å². The van der Waals surface area contributed by atoms with Gasteiger partial charge in [-0.3, -0.25) is 14.6 Å². The molecule has 4 nitrogen and oxygen atoms in total. The van der Waals surface area contributed by atoms with Gasteiger partial charge in [0.1, 0.15) is 5.82 Å². The third-order valence-corrected chi connectivity index (χ3v) is 6.60. The molecule has 0 radical (unpaired) electrons. The van der Waals surface area contributed by atoms with E-state index in [2.05, 4.69) is 76.8 Å². The number of aromatic nitrogens is 3. The number of hydrogen-bond acceptors (Lipinski definition) is 3. The number of hydrogen-bond donors (Lipinski definition) is 0. The second kappa shape index (κ2) is 11.3. The summed E-state index contributed by atoms with van der Waals surface area (Å²) >= 11 is 0. The Hall–Kier alpha value is -3.49. The van der Waals surface area contributed by atoms with E-state index in [-0.39, 0.29) is 31.9 Å². The van der Waals surface area contributed by atoms with Crippen LogP contribution in [0, 0.1) is 12.1 Å². The zero-order valence-corrected chi connectivity index (χ0v) is 25.6. The van der Waals surface area contributed by atoms with E-state index in [0.29, 0.717) is 0 Å². The molecule has 0 bridgehead atoms. The summed E-state index contributed by atoms with van der Waals surface area (Å²) in [5.74, 6) is 1.59. The number of para-hydroxylation sites is 1. The Morgan fingerprint density at radius 3 is 1.95 bits per heavy atom. The van der Waals surface area contributed by atoms with Gasteiger partial charge in [-0.25, -0.2) is 0 Å². The van der Waals surface area contributed by atoms with Gasteiger partial charge in [-0.15, -0.1) is 42.0 Å². The molecule has 0 fully saturated rings. The molecule has 39 heavy (non-hydrogen) atoms. The van der Waals surface area contributed by atoms with E-state index in [1.54, 1.807) is 0 Å². The molecule has 0 aliphatic heterocycles. The smallest absolute Gasteiger partial charge is 0.280 e. The Labute approximate surface area is 247 Å². The summed E-state index contributed by atoms with van der Waals surface area (Å²) in [5, 5.41) is 4.98. The SMILES string of the molecule is CC(C)(C)c1cc(N(c2cccc(-c3[c-]cccc3)n2)c2ccn(-c3[c-]cccc3)n2)cc(C(C)(C)C)c1.[Pt+2]. The first-order valence-corrected chi connectivity index (χ1v) is 13.0. The molecule has 0 unspecified atom stereocenters. The topological polar surface area (TPSA) is 34.0 Å². The van der Waals surface area contributed by atoms with Crippen molar-refractivity contribution in [3.8, 4) is 16.9 Å². The monoisotopic (exact) mass is 693 g/mol. The average Bonchev–Trinajstić information content (AvgIpc) is 3.39. The predicted molar refractivity (Wildman–Crippen MR) is 157 cm³/mol. The second-order valence-corrected chi connectivity index (χ2v) is 11.6. The van der Waals surface area contributed by atoms with Gasteiger partial charge in [0.05, 0.1) is 0 Å². The fourth-order valence-corrected chi connectivity index (χ4v) is 4.33. The molecule has 2 aromatic heterocycles. The van der Waals surface area contributed by atoms with Gasteiger partial charge in [-0.1, -0.05) is 59.7 Å². The van der Waals surface area contributed by atoms with Gasteiger partial charge in [0, 0.05) is 18.0 Å². The van der Waals surface area contributed by atoms with Crippen molar-refractivity contribution in [2.75, 3.05) is 4.90 Å². The largest absolute Gasteiger partial charge is 2.00 e. The summed E-state index contributed by atoms with van der Waals surface area (Å²) in [6, 6.07) is 37.4. The molecule has 200 valence electrons. The maximum absolute atomic E-state index is 5.10. The van der Waals surface area contributed by atoms with Crippen molar-refractivity contribution in [1.29, 1.82) is 0 Å². The van der Waals surface area contributed by atoms with Crippen LogP contribution in [0.3, 0.4) is 0 Å². The van der Waals surface area contributed by atoms with E-state index >= 15 is 0 Å². The molecule has 0 aliphatic carbocycles. The van der Waals surface area contributed by atoms with Gasteiger partial charge in [-0.2, -0.15) is 29.4 Å². The molecule has 2 heterocycles. The predicted octanol–water partition coefficient (Wildman–Crippen LogP) is 8.60. The fourth-order valence-electron chi connectivity index (χ4n) is 4.33. The maximum atomic E-state index is 5.10. The first-order chi connectivity index (χ1) is 18.1. The molecule has 5 heteroatoms. The fraction of sp³-hybridized carbons (Fsp3) is 0.235. The number of anilines is 3. The van der Waals surface area contributed by atoms with Crippen LogP contribution in [0.15, 0.2) is 97.2 Å². The summed E-state index contributed by atoms with van der Waals surface area (Å²) in [7, 11) is 0. The Morgan fingerprint density at radius 1 is 0.692 bits per heavy atom. The van der Waals surface area contributed by atoms with Gasteiger partial charge in [0.2, 0.25) is 0 Å². The minimum Gasteiger partial charge on any atom is -0.280 e. The van der Waals surface area contributed by atoms with Crippen LogP contribution >= 0.6 is 0 Å². The van der Waals surface area contributed by atoms with Crippen molar-refractivity contribution in [3.63, 3.8) is 0 Å². The third-order valence-electron chi connectivity index (χ3n) is 6.60. The van der Waals surface area contributed by atoms with Gasteiger partial charge < -0.3 is 0 Å². The molecule has 5 rings (SSSR count). The first-order valence-electron chi connectivity index (χ1n) is 13.0. The van der Waals surface area contributed by atoms with Crippen LogP contribution in [0.5, 0.6) is 0 Å². The van der Waals surface area contributed by atoms with Crippen LogP contribution in [0.4, 0.5) is 17.3 Å². The van der Waals surface area contributed by atoms with Crippen molar-refractivity contribution in [2.45, 2.75) is 52.4 Å². The summed E-state index contributed by atoms with van der Waals surface area (Å²) in [6.45, 7) is 13.5. The Bertz CT molecular complexity index is 1500. The van der Waals surface area contributed by atoms with E-state index in [0.717, 1.165) is 34.3 Å². The van der Waals surface area contributed by atoms with E-state index < -0.39 is 0 Å². The van der Waals surface area contributed by atoms with Gasteiger partial charge in [0.25, 0.3) is 0 Å². The molecule has 0 aliphatic rings. The van der Waals surface area contributed by atoms with Crippen LogP contribution < -0.4 is 4.90 Å². The number of pyridine rings is 1. The summed E-state index contributed by atoms with van der Waals surface area (Å²) in [6.07, 6.45) is 1.97. The number of nitrogens with zero attached hydrogens (tertiary/aromatic N) is 4. The minimum absolute atomic E-state index is 0. The Balaban J connectivity index is 0.00000353. The molecule has 0 saturated carbocycles. The molecule has 5 aromatic rings. The Kier molecular flexibility index (Phi) is 8.28. The average molecular weight is 694 g/mol. The minimum atomic E-state index is -0.0195. The standard InChI is InChI=1S/C34H34N4.Pt/c1-33(2,3)26-22-27(34(4,5)6)24-29(23-26)38(32-20-21-37(36-32)28-16-11-8-12-17-28)31-19-13-18-30(35-31)25-14-9-7-10-15-25;/h7-14,16,18-24H,1-6H3;/q-2;+2. The maximum Gasteiger partial charge on any atom is 2.00 e. The van der Waals surface area contributed by atoms with Crippen molar-refractivity contribution in [2.24, 2.45) is 0 Å². The van der Waals surface area contributed by atoms with Gasteiger partial charge >= 0.3 is 21.1 Å². The molecular formula is C34H34N4Pt. The molecule has 3 aromatic carbocycles. The molecule has 0 atom stereocenters. The Morgan fingerprint density at radius 2 is 1.36 bits per heavy atom. The molecule has 0 amide bonds. The van der Waals surface area contributed by atoms with Gasteiger partial charge in [-0.05, 0) is 51.5 Å². The van der Waals surface area contributed by atoms with Crippen molar-refractivity contribution in [1.82, 2.24) is 14.8 Å².